The van der Waals surface area contributed by atoms with Crippen molar-refractivity contribution < 1.29 is 22.0 Å². The van der Waals surface area contributed by atoms with Crippen LogP contribution in [0.2, 0.25) is 0 Å². The molecule has 12 heteroatoms. The molecule has 2 N–H and O–H groups in total. The lowest BCUT2D eigenvalue weighted by Crippen LogP contribution is -2.43. The molecule has 0 aromatic carbocycles. The van der Waals surface area contributed by atoms with Gasteiger partial charge in [-0.3, -0.25) is 4.98 Å². The van der Waals surface area contributed by atoms with Crippen molar-refractivity contribution in [1.82, 2.24) is 19.9 Å². The third-order valence-electron chi connectivity index (χ3n) is 5.55. The van der Waals surface area contributed by atoms with Gasteiger partial charge in [-0.1, -0.05) is 0 Å². The van der Waals surface area contributed by atoms with E-state index in [2.05, 4.69) is 25.3 Å². The zero-order chi connectivity index (χ0) is 23.3. The number of fused-ring (bicyclic) bond motifs is 1. The lowest BCUT2D eigenvalue weighted by molar-refractivity contribution is -0.275. The molecule has 32 heavy (non-hydrogen) atoms. The van der Waals surface area contributed by atoms with Gasteiger partial charge in [-0.2, -0.15) is 26.9 Å². The molecule has 0 aliphatic heterocycles. The number of anilines is 2. The molecular weight excluding hydrogens is 451 g/mol. The van der Waals surface area contributed by atoms with Crippen LogP contribution in [-0.4, -0.2) is 44.1 Å². The van der Waals surface area contributed by atoms with Crippen LogP contribution in [0.4, 0.5) is 33.7 Å². The summed E-state index contributed by atoms with van der Waals surface area (Å²) in [7, 11) is 0. The lowest BCUT2D eigenvalue weighted by Gasteiger charge is -2.40. The van der Waals surface area contributed by atoms with Gasteiger partial charge in [0.1, 0.15) is 16.3 Å². The van der Waals surface area contributed by atoms with Crippen molar-refractivity contribution in [3.8, 4) is 10.6 Å². The fourth-order valence-electron chi connectivity index (χ4n) is 3.50. The summed E-state index contributed by atoms with van der Waals surface area (Å²) < 4.78 is 65.3. The van der Waals surface area contributed by atoms with E-state index in [0.717, 1.165) is 35.2 Å². The number of nitrogens with zero attached hydrogens (tertiary/aromatic N) is 4. The summed E-state index contributed by atoms with van der Waals surface area (Å²) in [4.78, 5) is 17.3. The van der Waals surface area contributed by atoms with Gasteiger partial charge < -0.3 is 10.6 Å². The molecule has 6 nitrogen and oxygen atoms in total. The fourth-order valence-corrected chi connectivity index (χ4v) is 4.61. The molecule has 4 rings (SSSR count). The zero-order valence-corrected chi connectivity index (χ0v) is 18.4. The number of alkyl halides is 5. The SMILES string of the molecule is Cc1nc(NCC(F)(F)C(F)(F)F)nc(NC2(C)CCC2)c1-c1nc2c(C)nccc2s1. The summed E-state index contributed by atoms with van der Waals surface area (Å²) in [6.45, 7) is 3.85. The van der Waals surface area contributed by atoms with E-state index in [1.807, 2.05) is 25.2 Å². The molecule has 0 saturated heterocycles. The van der Waals surface area contributed by atoms with Crippen LogP contribution in [0, 0.1) is 13.8 Å². The highest BCUT2D eigenvalue weighted by Crippen LogP contribution is 2.41. The van der Waals surface area contributed by atoms with Crippen molar-refractivity contribution >= 4 is 33.3 Å². The topological polar surface area (TPSA) is 75.6 Å². The quantitative estimate of drug-likeness (QED) is 0.447. The molecule has 0 bridgehead atoms. The van der Waals surface area contributed by atoms with Gasteiger partial charge >= 0.3 is 12.1 Å². The van der Waals surface area contributed by atoms with Crippen LogP contribution in [0.5, 0.6) is 0 Å². The fraction of sp³-hybridized carbons (Fsp3) is 0.500. The number of nitrogens with one attached hydrogen (secondary N) is 2. The van der Waals surface area contributed by atoms with Crippen molar-refractivity contribution in [1.29, 1.82) is 0 Å². The third kappa shape index (κ3) is 4.19. The van der Waals surface area contributed by atoms with Crippen LogP contribution >= 0.6 is 11.3 Å². The second-order valence-electron chi connectivity index (χ2n) is 8.21. The van der Waals surface area contributed by atoms with Gasteiger partial charge in [0.05, 0.1) is 28.2 Å². The van der Waals surface area contributed by atoms with E-state index in [0.29, 0.717) is 22.1 Å². The molecule has 0 atom stereocenters. The van der Waals surface area contributed by atoms with Gasteiger partial charge in [-0.25, -0.2) is 9.97 Å². The maximum atomic E-state index is 13.4. The Kier molecular flexibility index (Phi) is 5.46. The first-order chi connectivity index (χ1) is 14.9. The molecular formula is C20H21F5N6S. The Morgan fingerprint density at radius 1 is 1.06 bits per heavy atom. The summed E-state index contributed by atoms with van der Waals surface area (Å²) in [5.41, 5.74) is 2.24. The number of pyridine rings is 1. The largest absolute Gasteiger partial charge is 0.455 e. The van der Waals surface area contributed by atoms with Crippen LogP contribution < -0.4 is 10.6 Å². The highest BCUT2D eigenvalue weighted by atomic mass is 32.1. The van der Waals surface area contributed by atoms with Gasteiger partial charge in [0.25, 0.3) is 0 Å². The molecule has 0 radical (unpaired) electrons. The second-order valence-corrected chi connectivity index (χ2v) is 9.24. The minimum Gasteiger partial charge on any atom is -0.364 e. The maximum Gasteiger partial charge on any atom is 0.455 e. The number of rotatable bonds is 6. The molecule has 172 valence electrons. The molecule has 1 saturated carbocycles. The number of thiazole rings is 1. The van der Waals surface area contributed by atoms with Crippen molar-refractivity contribution in [2.75, 3.05) is 17.2 Å². The van der Waals surface area contributed by atoms with Crippen molar-refractivity contribution in [3.05, 3.63) is 23.7 Å². The van der Waals surface area contributed by atoms with E-state index in [4.69, 9.17) is 0 Å². The van der Waals surface area contributed by atoms with Crippen LogP contribution in [0.3, 0.4) is 0 Å². The number of aromatic nitrogens is 4. The monoisotopic (exact) mass is 472 g/mol. The average Bonchev–Trinajstić information content (AvgIpc) is 3.09. The van der Waals surface area contributed by atoms with Crippen LogP contribution in [0.15, 0.2) is 12.3 Å². The van der Waals surface area contributed by atoms with Gasteiger partial charge in [-0.15, -0.1) is 11.3 Å². The Morgan fingerprint density at radius 3 is 2.38 bits per heavy atom. The Balaban J connectivity index is 1.74. The normalized spacial score (nSPS) is 16.1. The predicted octanol–water partition coefficient (Wildman–Crippen LogP) is 5.73. The Hall–Kier alpha value is -2.63. The Morgan fingerprint density at radius 2 is 1.78 bits per heavy atom. The lowest BCUT2D eigenvalue weighted by atomic mass is 9.78. The maximum absolute atomic E-state index is 13.4. The van der Waals surface area contributed by atoms with E-state index in [1.165, 1.54) is 11.3 Å². The Labute approximate surface area is 184 Å². The first-order valence-electron chi connectivity index (χ1n) is 9.96. The number of aryl methyl sites for hydroxylation is 2. The van der Waals surface area contributed by atoms with Crippen LogP contribution in [0.1, 0.15) is 37.6 Å². The number of hydrogen-bond donors (Lipinski definition) is 2. The summed E-state index contributed by atoms with van der Waals surface area (Å²) in [5.74, 6) is -4.87. The third-order valence-corrected chi connectivity index (χ3v) is 6.59. The highest BCUT2D eigenvalue weighted by molar-refractivity contribution is 7.21. The van der Waals surface area contributed by atoms with E-state index >= 15 is 0 Å². The van der Waals surface area contributed by atoms with E-state index in [1.54, 1.807) is 13.1 Å². The molecule has 0 amide bonds. The smallest absolute Gasteiger partial charge is 0.364 e. The van der Waals surface area contributed by atoms with Crippen molar-refractivity contribution in [2.45, 2.75) is 57.7 Å². The number of hydrogen-bond acceptors (Lipinski definition) is 7. The van der Waals surface area contributed by atoms with Crippen molar-refractivity contribution in [3.63, 3.8) is 0 Å². The molecule has 0 spiro atoms. The molecule has 3 aromatic heterocycles. The second kappa shape index (κ2) is 7.75. The number of halogens is 5. The van der Waals surface area contributed by atoms with Crippen LogP contribution in [0.25, 0.3) is 20.8 Å². The minimum atomic E-state index is -5.66. The first kappa shape index (κ1) is 22.6. The van der Waals surface area contributed by atoms with Gasteiger partial charge in [0.15, 0.2) is 0 Å². The summed E-state index contributed by atoms with van der Waals surface area (Å²) in [6, 6.07) is 1.84. The van der Waals surface area contributed by atoms with Crippen LogP contribution in [-0.2, 0) is 0 Å². The standard InChI is InChI=1S/C20H21F5N6S/c1-10-13(16-29-14-11(2)26-8-5-12(14)32-16)15(31-18(3)6-4-7-18)30-17(28-10)27-9-19(21,22)20(23,24)25/h5,8H,4,6-7,9H2,1-3H3,(H2,27,28,30,31). The van der Waals surface area contributed by atoms with Gasteiger partial charge in [-0.05, 0) is 46.1 Å². The zero-order valence-electron chi connectivity index (χ0n) is 17.6. The van der Waals surface area contributed by atoms with Gasteiger partial charge in [0, 0.05) is 11.7 Å². The van der Waals surface area contributed by atoms with E-state index < -0.39 is 18.6 Å². The predicted molar refractivity (Wildman–Crippen MR) is 113 cm³/mol. The molecule has 1 fully saturated rings. The summed E-state index contributed by atoms with van der Waals surface area (Å²) >= 11 is 1.41. The summed E-state index contributed by atoms with van der Waals surface area (Å²) in [5, 5.41) is 6.01. The van der Waals surface area contributed by atoms with Gasteiger partial charge in [0.2, 0.25) is 5.95 Å². The molecule has 3 aromatic rings. The molecule has 0 unspecified atom stereocenters. The Bertz CT molecular complexity index is 1160. The molecule has 1 aliphatic carbocycles. The molecule has 1 aliphatic rings. The van der Waals surface area contributed by atoms with Crippen molar-refractivity contribution in [2.24, 2.45) is 0 Å². The average molecular weight is 472 g/mol. The summed E-state index contributed by atoms with van der Waals surface area (Å²) in [6.07, 6.45) is -1.19. The minimum absolute atomic E-state index is 0.253. The van der Waals surface area contributed by atoms with E-state index in [-0.39, 0.29) is 11.5 Å². The molecule has 3 heterocycles. The highest BCUT2D eigenvalue weighted by Gasteiger charge is 2.57. The first-order valence-corrected chi connectivity index (χ1v) is 10.8. The van der Waals surface area contributed by atoms with E-state index in [9.17, 15) is 22.0 Å².